The van der Waals surface area contributed by atoms with E-state index >= 15 is 0 Å². The van der Waals surface area contributed by atoms with Gasteiger partial charge in [0.25, 0.3) is 12.3 Å². The average Bonchev–Trinajstić information content (AvgIpc) is 4.18. The van der Waals surface area contributed by atoms with Gasteiger partial charge < -0.3 is 24.8 Å². The number of anilines is 2. The van der Waals surface area contributed by atoms with E-state index in [0.717, 1.165) is 120 Å². The molecule has 4 saturated heterocycles. The topological polar surface area (TPSA) is 169 Å². The number of halogens is 2. The summed E-state index contributed by atoms with van der Waals surface area (Å²) in [6, 6.07) is 7.46. The highest BCUT2D eigenvalue weighted by Gasteiger charge is 2.40. The van der Waals surface area contributed by atoms with Gasteiger partial charge in [-0.25, -0.2) is 23.1 Å². The molecular weight excluding hydrogens is 851 g/mol. The Labute approximate surface area is 380 Å². The third kappa shape index (κ3) is 8.09. The molecule has 1 unspecified atom stereocenters. The average molecular weight is 909 g/mol. The second kappa shape index (κ2) is 17.6. The Morgan fingerprint density at radius 2 is 1.65 bits per heavy atom. The second-order valence-electron chi connectivity index (χ2n) is 19.7. The van der Waals surface area contributed by atoms with Crippen molar-refractivity contribution in [2.75, 3.05) is 62.6 Å². The van der Waals surface area contributed by atoms with Crippen molar-refractivity contribution < 1.29 is 27.9 Å². The van der Waals surface area contributed by atoms with Crippen LogP contribution in [0.25, 0.3) is 16.7 Å². The van der Waals surface area contributed by atoms with Crippen molar-refractivity contribution in [2.45, 2.75) is 107 Å². The molecule has 0 spiro atoms. The van der Waals surface area contributed by atoms with Crippen LogP contribution in [0.2, 0.25) is 0 Å². The summed E-state index contributed by atoms with van der Waals surface area (Å²) in [5.41, 5.74) is 2.75. The van der Waals surface area contributed by atoms with E-state index in [9.17, 15) is 28.0 Å². The highest BCUT2D eigenvalue weighted by Crippen LogP contribution is 2.40. The number of piperidine rings is 1. The van der Waals surface area contributed by atoms with Gasteiger partial charge in [0.2, 0.25) is 11.8 Å². The lowest BCUT2D eigenvalue weighted by Gasteiger charge is -2.40. The Morgan fingerprint density at radius 3 is 2.32 bits per heavy atom. The van der Waals surface area contributed by atoms with Crippen LogP contribution in [0.1, 0.15) is 117 Å². The van der Waals surface area contributed by atoms with Crippen LogP contribution in [-0.2, 0) is 21.4 Å². The summed E-state index contributed by atoms with van der Waals surface area (Å²) in [4.78, 5) is 63.8. The van der Waals surface area contributed by atoms with Gasteiger partial charge in [0, 0.05) is 71.7 Å². The number of amides is 3. The molecule has 6 aliphatic rings. The van der Waals surface area contributed by atoms with E-state index in [-0.39, 0.29) is 47.5 Å². The van der Waals surface area contributed by atoms with Crippen molar-refractivity contribution in [1.82, 2.24) is 48.6 Å². The molecule has 17 nitrogen and oxygen atoms in total. The summed E-state index contributed by atoms with van der Waals surface area (Å²) in [6.07, 6.45) is 11.6. The Morgan fingerprint density at radius 1 is 0.924 bits per heavy atom. The third-order valence-corrected chi connectivity index (χ3v) is 15.6. The Balaban J connectivity index is 0.646. The molecule has 2 aliphatic carbocycles. The van der Waals surface area contributed by atoms with Crippen molar-refractivity contribution in [3.05, 3.63) is 70.2 Å². The van der Waals surface area contributed by atoms with Gasteiger partial charge in [0.15, 0.2) is 11.3 Å². The zero-order valence-corrected chi connectivity index (χ0v) is 37.4. The SMILES string of the molecule is Cn1c(=O)n(C2CCC(=O)NC2=O)c2cccc(C3CCC(CN4CCN(CC5CCC(n6cc(NC(=O)c7cnn8ccc(N9C[C@H]%10C[C@@H]9CO%10)nc78)c(C(F)F)n6)CC5)CC4)CC3)c21. The number of hydrogen-bond acceptors (Lipinski definition) is 11. The van der Waals surface area contributed by atoms with Crippen LogP contribution in [0.4, 0.5) is 20.3 Å². The summed E-state index contributed by atoms with van der Waals surface area (Å²) >= 11 is 0. The predicted molar refractivity (Wildman–Crippen MR) is 241 cm³/mol. The van der Waals surface area contributed by atoms with Crippen LogP contribution in [0.5, 0.6) is 0 Å². The minimum Gasteiger partial charge on any atom is -0.374 e. The molecule has 1 aromatic carbocycles. The van der Waals surface area contributed by atoms with Crippen molar-refractivity contribution in [2.24, 2.45) is 18.9 Å². The Bertz CT molecular complexity index is 2700. The molecule has 19 heteroatoms. The summed E-state index contributed by atoms with van der Waals surface area (Å²) < 4.78 is 40.9. The standard InChI is InChI=1S/C47H58F2N12O5/c1-55-42-34(3-2-4-37(42)61(47(55)65)38-13-14-40(62)53-46(38)64)30-9-5-28(6-10-30)23-56-17-19-57(20-18-56)24-29-7-11-31(12-8-29)60-26-36(41(54-60)43(48)49)51-45(63)35-22-50-59-16-15-39(52-44(35)59)58-25-33-21-32(58)27-66-33/h2-4,15-16,22,26,28-33,38,43H,5-14,17-21,23-25,27H2,1H3,(H,51,63)(H,53,62,64)/t28?,29?,30?,31?,32-,33-,38?/m1/s1. The first kappa shape index (κ1) is 43.1. The lowest BCUT2D eigenvalue weighted by Crippen LogP contribution is -2.49. The second-order valence-corrected chi connectivity index (χ2v) is 19.7. The number of para-hydroxylation sites is 1. The minimum absolute atomic E-state index is 0.0116. The molecule has 8 heterocycles. The first-order valence-electron chi connectivity index (χ1n) is 23.9. The number of piperazine rings is 1. The van der Waals surface area contributed by atoms with Crippen molar-refractivity contribution in [1.29, 1.82) is 0 Å². The van der Waals surface area contributed by atoms with Gasteiger partial charge in [-0.05, 0) is 99.7 Å². The molecular formula is C47H58F2N12O5. The smallest absolute Gasteiger partial charge is 0.329 e. The number of ether oxygens (including phenoxy) is 1. The van der Waals surface area contributed by atoms with Crippen LogP contribution in [0, 0.1) is 11.8 Å². The number of carbonyl (C=O) groups excluding carboxylic acids is 3. The summed E-state index contributed by atoms with van der Waals surface area (Å²) in [6.45, 7) is 7.69. The molecule has 6 fully saturated rings. The van der Waals surface area contributed by atoms with Gasteiger partial charge in [0.05, 0.1) is 47.7 Å². The van der Waals surface area contributed by atoms with E-state index < -0.39 is 30.0 Å². The molecule has 4 aliphatic heterocycles. The maximum atomic E-state index is 14.3. The zero-order valence-electron chi connectivity index (χ0n) is 37.4. The number of aromatic nitrogens is 7. The monoisotopic (exact) mass is 908 g/mol. The number of nitrogens with one attached hydrogen (secondary N) is 2. The predicted octanol–water partition coefficient (Wildman–Crippen LogP) is 5.05. The van der Waals surface area contributed by atoms with E-state index in [4.69, 9.17) is 9.72 Å². The fourth-order valence-electron chi connectivity index (χ4n) is 12.1. The number of fused-ring (bicyclic) bond motifs is 4. The van der Waals surface area contributed by atoms with E-state index in [0.29, 0.717) is 36.4 Å². The van der Waals surface area contributed by atoms with E-state index in [2.05, 4.69) is 41.6 Å². The quantitative estimate of drug-likeness (QED) is 0.170. The van der Waals surface area contributed by atoms with Crippen molar-refractivity contribution in [3.63, 3.8) is 0 Å². The fourth-order valence-corrected chi connectivity index (χ4v) is 12.1. The molecule has 3 atom stereocenters. The number of hydrogen-bond donors (Lipinski definition) is 2. The number of carbonyl (C=O) groups is 3. The largest absolute Gasteiger partial charge is 0.374 e. The zero-order chi connectivity index (χ0) is 45.2. The van der Waals surface area contributed by atoms with Crippen LogP contribution >= 0.6 is 0 Å². The first-order chi connectivity index (χ1) is 32.0. The molecule has 11 rings (SSSR count). The third-order valence-electron chi connectivity index (χ3n) is 15.6. The maximum Gasteiger partial charge on any atom is 0.329 e. The number of morpholine rings is 1. The molecule has 66 heavy (non-hydrogen) atoms. The van der Waals surface area contributed by atoms with E-state index in [1.54, 1.807) is 33.3 Å². The molecule has 0 radical (unpaired) electrons. The number of aryl methyl sites for hydroxylation is 1. The Kier molecular flexibility index (Phi) is 11.5. The van der Waals surface area contributed by atoms with E-state index in [1.807, 2.05) is 18.2 Å². The van der Waals surface area contributed by atoms with Gasteiger partial charge in [-0.2, -0.15) is 10.2 Å². The number of imidazole rings is 1. The summed E-state index contributed by atoms with van der Waals surface area (Å²) in [5.74, 6) is 0.984. The number of nitrogens with zero attached hydrogens (tertiary/aromatic N) is 10. The number of rotatable bonds is 11. The fraction of sp³-hybridized carbons (Fsp3) is 0.596. The number of imide groups is 1. The molecule has 3 amide bonds. The molecule has 5 aromatic rings. The molecule has 350 valence electrons. The van der Waals surface area contributed by atoms with E-state index in [1.165, 1.54) is 16.3 Å². The highest BCUT2D eigenvalue weighted by molar-refractivity contribution is 6.08. The van der Waals surface area contributed by atoms with Crippen molar-refractivity contribution >= 4 is 45.9 Å². The number of alkyl halides is 2. The van der Waals surface area contributed by atoms with Gasteiger partial charge in [-0.1, -0.05) is 12.1 Å². The van der Waals surface area contributed by atoms with Gasteiger partial charge >= 0.3 is 5.69 Å². The first-order valence-corrected chi connectivity index (χ1v) is 23.9. The van der Waals surface area contributed by atoms with Crippen LogP contribution in [0.15, 0.2) is 47.7 Å². The lowest BCUT2D eigenvalue weighted by atomic mass is 9.78. The molecule has 2 bridgehead atoms. The van der Waals surface area contributed by atoms with Gasteiger partial charge in [0.1, 0.15) is 17.4 Å². The Hall–Kier alpha value is -5.53. The molecule has 2 N–H and O–H groups in total. The minimum atomic E-state index is -2.85. The lowest BCUT2D eigenvalue weighted by molar-refractivity contribution is -0.135. The number of benzene rings is 1. The van der Waals surface area contributed by atoms with Gasteiger partial charge in [-0.15, -0.1) is 0 Å². The summed E-state index contributed by atoms with van der Waals surface area (Å²) in [7, 11) is 1.78. The normalized spacial score (nSPS) is 27.7. The molecule has 4 aromatic heterocycles. The summed E-state index contributed by atoms with van der Waals surface area (Å²) in [5, 5.41) is 13.7. The van der Waals surface area contributed by atoms with Crippen LogP contribution in [-0.4, -0.2) is 126 Å². The van der Waals surface area contributed by atoms with Crippen LogP contribution < -0.4 is 21.2 Å². The highest BCUT2D eigenvalue weighted by atomic mass is 19.3. The van der Waals surface area contributed by atoms with Crippen molar-refractivity contribution in [3.8, 4) is 0 Å². The molecule has 2 saturated carbocycles. The van der Waals surface area contributed by atoms with Crippen LogP contribution in [0.3, 0.4) is 0 Å². The van der Waals surface area contributed by atoms with Gasteiger partial charge in [-0.3, -0.25) is 33.5 Å². The maximum absolute atomic E-state index is 14.3.